The zero-order valence-corrected chi connectivity index (χ0v) is 28.9. The summed E-state index contributed by atoms with van der Waals surface area (Å²) in [6.45, 7) is -2.29. The second kappa shape index (κ2) is 13.8. The number of nitrogen functional groups attached to an aromatic ring is 2. The number of aromatic nitrogens is 6. The van der Waals surface area contributed by atoms with Gasteiger partial charge in [0.05, 0.1) is 26.9 Å². The molecule has 3 aliphatic rings. The Morgan fingerprint density at radius 2 is 1.42 bits per heavy atom. The minimum Gasteiger partial charge on any atom is -0.387 e. The minimum absolute atomic E-state index is 0.0122. The number of hydrogen-bond donors (Lipinski definition) is 12. The van der Waals surface area contributed by atoms with Gasteiger partial charge >= 0.3 is 29.1 Å². The molecule has 288 valence electrons. The summed E-state index contributed by atoms with van der Waals surface area (Å²) >= 11 is 0. The summed E-state index contributed by atoms with van der Waals surface area (Å²) in [6.07, 6.45) is -11.8. The van der Waals surface area contributed by atoms with Gasteiger partial charge in [0.15, 0.2) is 18.4 Å². The molecule has 6 heterocycles. The van der Waals surface area contributed by atoms with Crippen LogP contribution in [0.4, 0.5) is 23.4 Å². The first-order chi connectivity index (χ1) is 24.2. The number of imidazole rings is 1. The van der Waals surface area contributed by atoms with Crippen LogP contribution in [0.25, 0.3) is 11.2 Å². The van der Waals surface area contributed by atoms with Crippen molar-refractivity contribution in [2.24, 2.45) is 7.05 Å². The maximum absolute atomic E-state index is 12.5. The number of nitrogens with two attached hydrogens (primary N) is 2. The summed E-state index contributed by atoms with van der Waals surface area (Å²) in [4.78, 5) is 68.2. The van der Waals surface area contributed by atoms with Crippen LogP contribution in [0, 0.1) is 0 Å². The molecule has 2 fully saturated rings. The van der Waals surface area contributed by atoms with E-state index in [1.54, 1.807) is 0 Å². The number of aliphatic hydroxyl groups excluding tert-OH is 4. The number of hydrogen-bond acceptors (Lipinski definition) is 21. The Balaban J connectivity index is 1.03. The third kappa shape index (κ3) is 7.51. The van der Waals surface area contributed by atoms with Gasteiger partial charge in [-0.2, -0.15) is 13.6 Å². The van der Waals surface area contributed by atoms with Crippen molar-refractivity contribution in [1.29, 1.82) is 0 Å². The highest BCUT2D eigenvalue weighted by molar-refractivity contribution is 7.66. The average molecular weight is 805 g/mol. The number of phosphoric acid groups is 3. The summed E-state index contributed by atoms with van der Waals surface area (Å²) < 4.78 is 68.2. The standard InChI is InChI=1S/C21H31N10O18P3/c1-29-5-31(15-9(29)17(37)28-21(23)26-15)19-13(35)11(33)7(47-19)3-45-51(40,41)49-52(42,43)48-50(38,39)44-2-6-10(32)12(34)18(46-6)30-4-24-8-14(30)25-20(22)27-16(8)36/h5-7,10-13,18-19,24,32-35H,2-4H2,1H3,(H8-,22,23,25,26,27,28,36,37,38,39,40,41,42,43)/p+1/t6-,7-,10-,11-,12-,13-,18-,19-/m1/s1. The monoisotopic (exact) mass is 805 g/mol. The van der Waals surface area contributed by atoms with Gasteiger partial charge in [-0.05, 0) is 0 Å². The predicted molar refractivity (Wildman–Crippen MR) is 166 cm³/mol. The van der Waals surface area contributed by atoms with Crippen LogP contribution in [-0.2, 0) is 47.9 Å². The van der Waals surface area contributed by atoms with Crippen LogP contribution in [0.1, 0.15) is 6.23 Å². The van der Waals surface area contributed by atoms with Crippen LogP contribution in [0.2, 0.25) is 0 Å². The SMILES string of the molecule is Cn1c[n+]([C@@H]2O[C@H](COP(=O)(O)OP(=O)(O)OP(=O)(O)OC[C@H]3O[C@@H](N4CNc5c4nc(N)[nH]c5=O)[C@H](O)[C@@H]3O)[C@@H](O)[C@H]2O)c2nc(N)[nH]c(=O)c21. The number of aromatic amines is 2. The van der Waals surface area contributed by atoms with Crippen LogP contribution in [-0.4, -0.2) is 122 Å². The van der Waals surface area contributed by atoms with Crippen molar-refractivity contribution in [2.75, 3.05) is 41.6 Å². The van der Waals surface area contributed by atoms with Crippen molar-refractivity contribution >= 4 is 58.0 Å². The molecule has 0 aromatic carbocycles. The van der Waals surface area contributed by atoms with E-state index in [4.69, 9.17) is 20.9 Å². The molecule has 3 unspecified atom stereocenters. The largest absolute Gasteiger partial charge is 0.490 e. The first-order valence-electron chi connectivity index (χ1n) is 14.6. The Bertz CT molecular complexity index is 2130. The molecule has 52 heavy (non-hydrogen) atoms. The highest BCUT2D eigenvalue weighted by atomic mass is 31.3. The smallest absolute Gasteiger partial charge is 0.387 e. The van der Waals surface area contributed by atoms with Gasteiger partial charge in [-0.25, -0.2) is 18.3 Å². The van der Waals surface area contributed by atoms with Gasteiger partial charge in [0.1, 0.15) is 42.3 Å². The summed E-state index contributed by atoms with van der Waals surface area (Å²) in [6, 6.07) is 0. The zero-order chi connectivity index (χ0) is 38.1. The van der Waals surface area contributed by atoms with Gasteiger partial charge in [-0.15, -0.1) is 0 Å². The average Bonchev–Trinajstić information content (AvgIpc) is 3.74. The third-order valence-electron chi connectivity index (χ3n) is 7.88. The van der Waals surface area contributed by atoms with Crippen molar-refractivity contribution in [2.45, 2.75) is 49.1 Å². The lowest BCUT2D eigenvalue weighted by molar-refractivity contribution is -0.745. The van der Waals surface area contributed by atoms with E-state index in [0.717, 1.165) is 4.57 Å². The van der Waals surface area contributed by atoms with Crippen LogP contribution in [0.5, 0.6) is 0 Å². The van der Waals surface area contributed by atoms with E-state index in [9.17, 15) is 58.4 Å². The maximum atomic E-state index is 12.5. The number of ether oxygens (including phenoxy) is 2. The molecule has 0 amide bonds. The molecular formula is C21H32N10O18P3+. The molecule has 2 saturated heterocycles. The molecule has 28 nitrogen and oxygen atoms in total. The van der Waals surface area contributed by atoms with Gasteiger partial charge in [-0.1, -0.05) is 4.98 Å². The Hall–Kier alpha value is -3.40. The van der Waals surface area contributed by atoms with E-state index in [0.29, 0.717) is 0 Å². The van der Waals surface area contributed by atoms with E-state index in [2.05, 4.69) is 42.9 Å². The van der Waals surface area contributed by atoms with Crippen LogP contribution in [0.15, 0.2) is 15.9 Å². The zero-order valence-electron chi connectivity index (χ0n) is 26.2. The fourth-order valence-electron chi connectivity index (χ4n) is 5.63. The van der Waals surface area contributed by atoms with E-state index in [1.165, 1.54) is 22.8 Å². The fourth-order valence-corrected chi connectivity index (χ4v) is 9.15. The second-order valence-corrected chi connectivity index (χ2v) is 16.1. The molecule has 11 atom stereocenters. The highest BCUT2D eigenvalue weighted by Gasteiger charge is 2.51. The lowest BCUT2D eigenvalue weighted by Gasteiger charge is -2.26. The summed E-state index contributed by atoms with van der Waals surface area (Å²) in [5, 5.41) is 44.8. The van der Waals surface area contributed by atoms with E-state index < -0.39 is 96.9 Å². The van der Waals surface area contributed by atoms with Crippen LogP contribution >= 0.6 is 23.5 Å². The molecular weight excluding hydrogens is 773 g/mol. The van der Waals surface area contributed by atoms with E-state index >= 15 is 0 Å². The first kappa shape index (κ1) is 38.3. The lowest BCUT2D eigenvalue weighted by Crippen LogP contribution is -2.46. The topological polar surface area (TPSA) is 416 Å². The van der Waals surface area contributed by atoms with E-state index in [1.807, 2.05) is 0 Å². The molecule has 0 bridgehead atoms. The van der Waals surface area contributed by atoms with Gasteiger partial charge in [-0.3, -0.25) is 33.2 Å². The second-order valence-electron chi connectivity index (χ2n) is 11.5. The van der Waals surface area contributed by atoms with Gasteiger partial charge in [0.25, 0.3) is 17.1 Å². The fraction of sp³-hybridized carbons (Fsp3) is 0.571. The molecule has 3 aliphatic heterocycles. The Kier molecular flexibility index (Phi) is 10.2. The molecule has 0 radical (unpaired) electrons. The summed E-state index contributed by atoms with van der Waals surface area (Å²) in [5.74, 6) is -0.590. The number of fused-ring (bicyclic) bond motifs is 2. The highest BCUT2D eigenvalue weighted by Crippen LogP contribution is 2.67. The number of phosphoric ester groups is 2. The van der Waals surface area contributed by atoms with Crippen molar-refractivity contribution in [3.05, 3.63) is 27.0 Å². The number of aryl methyl sites for hydroxylation is 1. The van der Waals surface area contributed by atoms with Crippen molar-refractivity contribution in [3.63, 3.8) is 0 Å². The Morgan fingerprint density at radius 3 is 2.06 bits per heavy atom. The lowest BCUT2D eigenvalue weighted by atomic mass is 10.1. The summed E-state index contributed by atoms with van der Waals surface area (Å²) in [5.41, 5.74) is 9.83. The number of H-pyrrole nitrogens is 2. The molecule has 0 spiro atoms. The number of rotatable bonds is 12. The van der Waals surface area contributed by atoms with Crippen molar-refractivity contribution in [1.82, 2.24) is 24.5 Å². The molecule has 14 N–H and O–H groups in total. The number of anilines is 4. The normalized spacial score (nSPS) is 30.9. The van der Waals surface area contributed by atoms with Crippen LogP contribution in [0.3, 0.4) is 0 Å². The number of nitrogens with zero attached hydrogens (tertiary/aromatic N) is 5. The van der Waals surface area contributed by atoms with Gasteiger partial charge < -0.3 is 66.3 Å². The third-order valence-corrected chi connectivity index (χ3v) is 12.1. The Morgan fingerprint density at radius 1 is 0.865 bits per heavy atom. The van der Waals surface area contributed by atoms with Crippen molar-refractivity contribution < 1.29 is 80.5 Å². The Labute approximate surface area is 287 Å². The van der Waals surface area contributed by atoms with Crippen LogP contribution < -0.4 is 37.4 Å². The number of aliphatic hydroxyl groups is 4. The molecule has 31 heteroatoms. The molecule has 0 saturated carbocycles. The quantitative estimate of drug-likeness (QED) is 0.0603. The molecule has 6 rings (SSSR count). The predicted octanol–water partition coefficient (Wildman–Crippen LogP) is -4.88. The molecule has 3 aromatic heterocycles. The maximum Gasteiger partial charge on any atom is 0.490 e. The number of nitrogens with one attached hydrogen (secondary N) is 3. The first-order valence-corrected chi connectivity index (χ1v) is 19.0. The van der Waals surface area contributed by atoms with Crippen molar-refractivity contribution in [3.8, 4) is 0 Å². The van der Waals surface area contributed by atoms with Gasteiger partial charge in [0.2, 0.25) is 17.7 Å². The van der Waals surface area contributed by atoms with Gasteiger partial charge in [0, 0.05) is 0 Å². The van der Waals surface area contributed by atoms with E-state index in [-0.39, 0.29) is 41.2 Å². The summed E-state index contributed by atoms with van der Waals surface area (Å²) in [7, 11) is -15.9. The molecule has 3 aromatic rings. The molecule has 0 aliphatic carbocycles. The minimum atomic E-state index is -5.99.